The molecule has 0 amide bonds. The molecule has 0 fully saturated rings. The van der Waals surface area contributed by atoms with Crippen molar-refractivity contribution in [3.05, 3.63) is 34.4 Å². The topological polar surface area (TPSA) is 57.8 Å². The van der Waals surface area contributed by atoms with E-state index in [0.717, 1.165) is 13.0 Å². The van der Waals surface area contributed by atoms with Crippen LogP contribution >= 0.6 is 0 Å². The summed E-state index contributed by atoms with van der Waals surface area (Å²) in [6.45, 7) is 0.849. The molecule has 2 N–H and O–H groups in total. The van der Waals surface area contributed by atoms with Gasteiger partial charge in [0.05, 0.1) is 6.33 Å². The number of H-pyrrole nitrogens is 1. The van der Waals surface area contributed by atoms with E-state index in [1.54, 1.807) is 0 Å². The van der Waals surface area contributed by atoms with Crippen LogP contribution in [0.1, 0.15) is 32.1 Å². The fourth-order valence-electron chi connectivity index (χ4n) is 1.95. The molecule has 4 heteroatoms. The van der Waals surface area contributed by atoms with Crippen molar-refractivity contribution in [2.45, 2.75) is 32.1 Å². The zero-order valence-corrected chi connectivity index (χ0v) is 9.33. The molecule has 0 bridgehead atoms. The van der Waals surface area contributed by atoms with Crippen molar-refractivity contribution in [1.82, 2.24) is 9.97 Å². The normalized spacial score (nSPS) is 15.6. The highest BCUT2D eigenvalue weighted by Gasteiger charge is 2.03. The molecule has 1 aliphatic carbocycles. The number of aromatic amines is 1. The second kappa shape index (κ2) is 5.49. The molecule has 2 rings (SSSR count). The first kappa shape index (κ1) is 10.9. The predicted molar refractivity (Wildman–Crippen MR) is 64.5 cm³/mol. The molecular weight excluding hydrogens is 202 g/mol. The molecule has 1 aliphatic rings. The lowest BCUT2D eigenvalue weighted by Crippen LogP contribution is -2.10. The molecule has 16 heavy (non-hydrogen) atoms. The Kier molecular flexibility index (Phi) is 3.75. The van der Waals surface area contributed by atoms with Gasteiger partial charge in [0.15, 0.2) is 0 Å². The molecule has 0 saturated heterocycles. The van der Waals surface area contributed by atoms with Gasteiger partial charge in [0, 0.05) is 12.6 Å². The molecule has 0 atom stereocenters. The molecule has 0 radical (unpaired) electrons. The Morgan fingerprint density at radius 3 is 3.12 bits per heavy atom. The second-order valence-corrected chi connectivity index (χ2v) is 4.08. The minimum Gasteiger partial charge on any atom is -0.370 e. The Labute approximate surface area is 94.8 Å². The maximum Gasteiger partial charge on any atom is 0.252 e. The molecular formula is C12H17N3O. The van der Waals surface area contributed by atoms with Gasteiger partial charge in [-0.3, -0.25) is 4.79 Å². The molecule has 1 aromatic rings. The van der Waals surface area contributed by atoms with Crippen LogP contribution in [0.2, 0.25) is 0 Å². The summed E-state index contributed by atoms with van der Waals surface area (Å²) in [4.78, 5) is 17.5. The van der Waals surface area contributed by atoms with Crippen LogP contribution in [0.4, 0.5) is 5.82 Å². The monoisotopic (exact) mass is 219 g/mol. The van der Waals surface area contributed by atoms with Crippen molar-refractivity contribution >= 4 is 5.82 Å². The van der Waals surface area contributed by atoms with Crippen LogP contribution in [0, 0.1) is 0 Å². The Bertz CT molecular complexity index is 422. The quantitative estimate of drug-likeness (QED) is 0.762. The molecule has 4 nitrogen and oxygen atoms in total. The number of anilines is 1. The zero-order valence-electron chi connectivity index (χ0n) is 9.33. The molecule has 1 aromatic heterocycles. The van der Waals surface area contributed by atoms with Crippen molar-refractivity contribution in [1.29, 1.82) is 0 Å². The van der Waals surface area contributed by atoms with Crippen molar-refractivity contribution in [3.8, 4) is 0 Å². The minimum absolute atomic E-state index is 0.116. The van der Waals surface area contributed by atoms with Gasteiger partial charge >= 0.3 is 0 Å². The maximum absolute atomic E-state index is 11.0. The van der Waals surface area contributed by atoms with Gasteiger partial charge in [0.1, 0.15) is 5.82 Å². The van der Waals surface area contributed by atoms with Crippen LogP contribution in [0.5, 0.6) is 0 Å². The van der Waals surface area contributed by atoms with E-state index in [4.69, 9.17) is 0 Å². The molecule has 0 spiro atoms. The van der Waals surface area contributed by atoms with Gasteiger partial charge in [-0.1, -0.05) is 11.6 Å². The second-order valence-electron chi connectivity index (χ2n) is 4.08. The number of rotatable bonds is 4. The number of allylic oxidation sites excluding steroid dienone is 1. The first-order valence-electron chi connectivity index (χ1n) is 5.81. The summed E-state index contributed by atoms with van der Waals surface area (Å²) in [5.74, 6) is 0.653. The van der Waals surface area contributed by atoms with Crippen LogP contribution in [-0.4, -0.2) is 16.5 Å². The molecule has 0 saturated carbocycles. The smallest absolute Gasteiger partial charge is 0.252 e. The van der Waals surface area contributed by atoms with Crippen LogP contribution < -0.4 is 10.9 Å². The Morgan fingerprint density at radius 2 is 2.38 bits per heavy atom. The van der Waals surface area contributed by atoms with E-state index >= 15 is 0 Å². The summed E-state index contributed by atoms with van der Waals surface area (Å²) in [6.07, 6.45) is 9.90. The van der Waals surface area contributed by atoms with Crippen molar-refractivity contribution in [2.75, 3.05) is 11.9 Å². The average Bonchev–Trinajstić information content (AvgIpc) is 2.30. The lowest BCUT2D eigenvalue weighted by atomic mass is 9.97. The van der Waals surface area contributed by atoms with E-state index in [9.17, 15) is 4.79 Å². The highest BCUT2D eigenvalue weighted by molar-refractivity contribution is 5.31. The number of nitrogens with zero attached hydrogens (tertiary/aromatic N) is 1. The van der Waals surface area contributed by atoms with Crippen molar-refractivity contribution < 1.29 is 0 Å². The SMILES string of the molecule is O=c1cc(NCCC2=CCCCC2)nc[nH]1. The first-order valence-corrected chi connectivity index (χ1v) is 5.81. The van der Waals surface area contributed by atoms with Gasteiger partial charge in [0.2, 0.25) is 0 Å². The molecule has 0 unspecified atom stereocenters. The summed E-state index contributed by atoms with van der Waals surface area (Å²) in [7, 11) is 0. The molecule has 0 aromatic carbocycles. The Morgan fingerprint density at radius 1 is 1.44 bits per heavy atom. The fourth-order valence-corrected chi connectivity index (χ4v) is 1.95. The van der Waals surface area contributed by atoms with Crippen LogP contribution in [0.15, 0.2) is 28.8 Å². The number of hydrogen-bond acceptors (Lipinski definition) is 3. The van der Waals surface area contributed by atoms with Gasteiger partial charge in [0.25, 0.3) is 5.56 Å². The summed E-state index contributed by atoms with van der Waals surface area (Å²) in [5.41, 5.74) is 1.41. The minimum atomic E-state index is -0.116. The Balaban J connectivity index is 1.79. The summed E-state index contributed by atoms with van der Waals surface area (Å²) < 4.78 is 0. The van der Waals surface area contributed by atoms with Crippen LogP contribution in [0.3, 0.4) is 0 Å². The van der Waals surface area contributed by atoms with Crippen molar-refractivity contribution in [2.24, 2.45) is 0 Å². The highest BCUT2D eigenvalue weighted by Crippen LogP contribution is 2.19. The summed E-state index contributed by atoms with van der Waals surface area (Å²) >= 11 is 0. The third-order valence-electron chi connectivity index (χ3n) is 2.82. The summed E-state index contributed by atoms with van der Waals surface area (Å²) in [5, 5.41) is 3.16. The average molecular weight is 219 g/mol. The van der Waals surface area contributed by atoms with E-state index in [1.807, 2.05) is 0 Å². The van der Waals surface area contributed by atoms with E-state index in [0.29, 0.717) is 5.82 Å². The van der Waals surface area contributed by atoms with E-state index < -0.39 is 0 Å². The highest BCUT2D eigenvalue weighted by atomic mass is 16.1. The number of hydrogen-bond donors (Lipinski definition) is 2. The molecule has 0 aliphatic heterocycles. The molecule has 86 valence electrons. The number of nitrogens with one attached hydrogen (secondary N) is 2. The van der Waals surface area contributed by atoms with Gasteiger partial charge < -0.3 is 10.3 Å². The Hall–Kier alpha value is -1.58. The molecule has 1 heterocycles. The van der Waals surface area contributed by atoms with Crippen LogP contribution in [0.25, 0.3) is 0 Å². The first-order chi connectivity index (χ1) is 7.84. The largest absolute Gasteiger partial charge is 0.370 e. The maximum atomic E-state index is 11.0. The fraction of sp³-hybridized carbons (Fsp3) is 0.500. The lowest BCUT2D eigenvalue weighted by Gasteiger charge is -2.12. The van der Waals surface area contributed by atoms with E-state index in [2.05, 4.69) is 21.4 Å². The lowest BCUT2D eigenvalue weighted by molar-refractivity contribution is 0.679. The van der Waals surface area contributed by atoms with Gasteiger partial charge in [-0.15, -0.1) is 0 Å². The standard InChI is InChI=1S/C12H17N3O/c16-12-8-11(14-9-15-12)13-7-6-10-4-2-1-3-5-10/h4,8-9H,1-3,5-7H2,(H2,13,14,15,16). The number of aromatic nitrogens is 2. The van der Waals surface area contributed by atoms with Gasteiger partial charge in [-0.05, 0) is 32.1 Å². The third kappa shape index (κ3) is 3.22. The summed E-state index contributed by atoms with van der Waals surface area (Å²) in [6, 6.07) is 1.48. The van der Waals surface area contributed by atoms with Gasteiger partial charge in [-0.2, -0.15) is 0 Å². The van der Waals surface area contributed by atoms with E-state index in [1.165, 1.54) is 43.7 Å². The zero-order chi connectivity index (χ0) is 11.2. The van der Waals surface area contributed by atoms with Gasteiger partial charge in [-0.25, -0.2) is 4.98 Å². The van der Waals surface area contributed by atoms with Crippen LogP contribution in [-0.2, 0) is 0 Å². The predicted octanol–water partition coefficient (Wildman–Crippen LogP) is 2.07. The van der Waals surface area contributed by atoms with Crippen molar-refractivity contribution in [3.63, 3.8) is 0 Å². The third-order valence-corrected chi connectivity index (χ3v) is 2.82. The van der Waals surface area contributed by atoms with E-state index in [-0.39, 0.29) is 5.56 Å².